The number of rotatable bonds is 3. The Bertz CT molecular complexity index is 546. The summed E-state index contributed by atoms with van der Waals surface area (Å²) < 4.78 is 10.9. The third-order valence-corrected chi connectivity index (χ3v) is 4.77. The number of benzene rings is 1. The standard InChI is InChI=1S/C16H23N3O2/c1-19-15(18)4-2-3-7-16(19,8-9-17)12-5-6-13-14(10-12)21-11-20-13/h5-6,10,18H,2-4,7-9,11,17H2,1H3. The Morgan fingerprint density at radius 1 is 1.29 bits per heavy atom. The summed E-state index contributed by atoms with van der Waals surface area (Å²) in [5.74, 6) is 2.29. The molecule has 1 fully saturated rings. The Hall–Kier alpha value is -1.75. The molecule has 0 bridgehead atoms. The van der Waals surface area contributed by atoms with Gasteiger partial charge in [-0.05, 0) is 43.5 Å². The number of likely N-dealkylation sites (tertiary alicyclic amines) is 1. The molecule has 114 valence electrons. The first-order chi connectivity index (χ1) is 10.2. The Morgan fingerprint density at radius 2 is 2.10 bits per heavy atom. The summed E-state index contributed by atoms with van der Waals surface area (Å²) in [5.41, 5.74) is 6.87. The van der Waals surface area contributed by atoms with Crippen LogP contribution in [0.4, 0.5) is 0 Å². The molecule has 1 aromatic carbocycles. The highest BCUT2D eigenvalue weighted by molar-refractivity contribution is 5.80. The third-order valence-electron chi connectivity index (χ3n) is 4.77. The van der Waals surface area contributed by atoms with Gasteiger partial charge in [0.1, 0.15) is 0 Å². The molecular weight excluding hydrogens is 266 g/mol. The Morgan fingerprint density at radius 3 is 2.90 bits per heavy atom. The molecule has 1 aromatic rings. The van der Waals surface area contributed by atoms with Crippen molar-refractivity contribution in [1.29, 1.82) is 5.41 Å². The van der Waals surface area contributed by atoms with E-state index in [-0.39, 0.29) is 12.3 Å². The summed E-state index contributed by atoms with van der Waals surface area (Å²) >= 11 is 0. The van der Waals surface area contributed by atoms with Crippen LogP contribution in [0.15, 0.2) is 18.2 Å². The SMILES string of the molecule is CN1C(=N)CCCCC1(CCN)c1ccc2c(c1)OCO2. The fraction of sp³-hybridized carbons (Fsp3) is 0.562. The molecule has 0 amide bonds. The zero-order valence-corrected chi connectivity index (χ0v) is 12.5. The van der Waals surface area contributed by atoms with E-state index in [4.69, 9.17) is 20.6 Å². The summed E-state index contributed by atoms with van der Waals surface area (Å²) in [6, 6.07) is 6.13. The van der Waals surface area contributed by atoms with E-state index in [0.717, 1.165) is 43.6 Å². The molecule has 3 rings (SSSR count). The number of ether oxygens (including phenoxy) is 2. The van der Waals surface area contributed by atoms with E-state index in [1.165, 1.54) is 5.56 Å². The normalized spacial score (nSPS) is 25.0. The van der Waals surface area contributed by atoms with E-state index in [0.29, 0.717) is 12.4 Å². The van der Waals surface area contributed by atoms with E-state index in [9.17, 15) is 0 Å². The second-order valence-electron chi connectivity index (χ2n) is 5.85. The van der Waals surface area contributed by atoms with Gasteiger partial charge in [-0.2, -0.15) is 0 Å². The highest BCUT2D eigenvalue weighted by atomic mass is 16.7. The quantitative estimate of drug-likeness (QED) is 0.896. The lowest BCUT2D eigenvalue weighted by Crippen LogP contribution is -2.47. The van der Waals surface area contributed by atoms with Crippen molar-refractivity contribution in [2.24, 2.45) is 5.73 Å². The summed E-state index contributed by atoms with van der Waals surface area (Å²) in [4.78, 5) is 2.12. The van der Waals surface area contributed by atoms with Crippen molar-refractivity contribution in [2.75, 3.05) is 20.4 Å². The first-order valence-electron chi connectivity index (χ1n) is 7.59. The van der Waals surface area contributed by atoms with Crippen LogP contribution in [-0.2, 0) is 5.54 Å². The van der Waals surface area contributed by atoms with Gasteiger partial charge in [0, 0.05) is 13.5 Å². The minimum atomic E-state index is -0.205. The van der Waals surface area contributed by atoms with Gasteiger partial charge in [0.25, 0.3) is 0 Å². The van der Waals surface area contributed by atoms with Crippen molar-refractivity contribution in [1.82, 2.24) is 4.90 Å². The van der Waals surface area contributed by atoms with Crippen molar-refractivity contribution in [3.05, 3.63) is 23.8 Å². The van der Waals surface area contributed by atoms with Crippen molar-refractivity contribution in [2.45, 2.75) is 37.6 Å². The van der Waals surface area contributed by atoms with Crippen molar-refractivity contribution in [3.8, 4) is 11.5 Å². The largest absolute Gasteiger partial charge is 0.454 e. The average molecular weight is 289 g/mol. The van der Waals surface area contributed by atoms with Crippen LogP contribution in [0, 0.1) is 5.41 Å². The van der Waals surface area contributed by atoms with Crippen molar-refractivity contribution < 1.29 is 9.47 Å². The summed E-state index contributed by atoms with van der Waals surface area (Å²) in [7, 11) is 2.02. The predicted molar refractivity (Wildman–Crippen MR) is 81.9 cm³/mol. The van der Waals surface area contributed by atoms with Crippen molar-refractivity contribution >= 4 is 5.84 Å². The topological polar surface area (TPSA) is 71.6 Å². The highest BCUT2D eigenvalue weighted by Gasteiger charge is 2.39. The van der Waals surface area contributed by atoms with Crippen LogP contribution in [0.25, 0.3) is 0 Å². The molecule has 5 nitrogen and oxygen atoms in total. The molecule has 0 saturated carbocycles. The lowest BCUT2D eigenvalue weighted by molar-refractivity contribution is 0.171. The third kappa shape index (κ3) is 2.35. The van der Waals surface area contributed by atoms with Gasteiger partial charge < -0.3 is 20.1 Å². The predicted octanol–water partition coefficient (Wildman–Crippen LogP) is 2.44. The molecule has 2 aliphatic rings. The van der Waals surface area contributed by atoms with Crippen LogP contribution in [-0.4, -0.2) is 31.1 Å². The van der Waals surface area contributed by atoms with Gasteiger partial charge in [-0.15, -0.1) is 0 Å². The molecule has 0 radical (unpaired) electrons. The maximum Gasteiger partial charge on any atom is 0.231 e. The van der Waals surface area contributed by atoms with Crippen LogP contribution in [0.5, 0.6) is 11.5 Å². The number of fused-ring (bicyclic) bond motifs is 1. The molecular formula is C16H23N3O2. The minimum Gasteiger partial charge on any atom is -0.454 e. The highest BCUT2D eigenvalue weighted by Crippen LogP contribution is 2.43. The lowest BCUT2D eigenvalue weighted by Gasteiger charge is -2.43. The van der Waals surface area contributed by atoms with Gasteiger partial charge in [0.05, 0.1) is 11.4 Å². The van der Waals surface area contributed by atoms with Crippen LogP contribution in [0.1, 0.15) is 37.7 Å². The van der Waals surface area contributed by atoms with E-state index >= 15 is 0 Å². The van der Waals surface area contributed by atoms with Crippen LogP contribution >= 0.6 is 0 Å². The van der Waals surface area contributed by atoms with Crippen LogP contribution in [0.3, 0.4) is 0 Å². The van der Waals surface area contributed by atoms with E-state index in [1.807, 2.05) is 13.1 Å². The van der Waals surface area contributed by atoms with Crippen LogP contribution in [0.2, 0.25) is 0 Å². The Kier molecular flexibility index (Phi) is 3.76. The number of nitrogens with one attached hydrogen (secondary N) is 1. The maximum absolute atomic E-state index is 8.30. The summed E-state index contributed by atoms with van der Waals surface area (Å²) in [6.45, 7) is 0.889. The molecule has 1 atom stereocenters. The zero-order chi connectivity index (χ0) is 14.9. The Labute approximate surface area is 125 Å². The van der Waals surface area contributed by atoms with Gasteiger partial charge >= 0.3 is 0 Å². The van der Waals surface area contributed by atoms with Gasteiger partial charge in [0.2, 0.25) is 6.79 Å². The van der Waals surface area contributed by atoms with Crippen LogP contribution < -0.4 is 15.2 Å². The molecule has 1 saturated heterocycles. The first kappa shape index (κ1) is 14.2. The second-order valence-corrected chi connectivity index (χ2v) is 5.85. The smallest absolute Gasteiger partial charge is 0.231 e. The monoisotopic (exact) mass is 289 g/mol. The molecule has 0 spiro atoms. The molecule has 5 heteroatoms. The molecule has 0 aromatic heterocycles. The number of hydrogen-bond donors (Lipinski definition) is 2. The summed E-state index contributed by atoms with van der Waals surface area (Å²) in [5, 5.41) is 8.30. The minimum absolute atomic E-state index is 0.205. The van der Waals surface area contributed by atoms with E-state index in [2.05, 4.69) is 17.0 Å². The fourth-order valence-electron chi connectivity index (χ4n) is 3.50. The molecule has 2 aliphatic heterocycles. The first-order valence-corrected chi connectivity index (χ1v) is 7.59. The lowest BCUT2D eigenvalue weighted by atomic mass is 9.81. The number of nitrogens with two attached hydrogens (primary N) is 1. The van der Waals surface area contributed by atoms with E-state index in [1.54, 1.807) is 0 Å². The molecule has 0 aliphatic carbocycles. The second kappa shape index (κ2) is 5.56. The maximum atomic E-state index is 8.30. The van der Waals surface area contributed by atoms with Crippen molar-refractivity contribution in [3.63, 3.8) is 0 Å². The van der Waals surface area contributed by atoms with Gasteiger partial charge in [-0.25, -0.2) is 0 Å². The molecule has 1 unspecified atom stereocenters. The van der Waals surface area contributed by atoms with Gasteiger partial charge in [-0.1, -0.05) is 12.5 Å². The van der Waals surface area contributed by atoms with Gasteiger partial charge in [-0.3, -0.25) is 5.41 Å². The fourth-order valence-corrected chi connectivity index (χ4v) is 3.50. The average Bonchev–Trinajstić information content (AvgIpc) is 2.91. The van der Waals surface area contributed by atoms with E-state index < -0.39 is 0 Å². The number of amidine groups is 1. The zero-order valence-electron chi connectivity index (χ0n) is 12.5. The number of hydrogen-bond acceptors (Lipinski definition) is 4. The Balaban J connectivity index is 2.05. The molecule has 2 heterocycles. The molecule has 21 heavy (non-hydrogen) atoms. The summed E-state index contributed by atoms with van der Waals surface area (Å²) in [6.07, 6.45) is 4.88. The number of nitrogens with zero attached hydrogens (tertiary/aromatic N) is 1. The molecule has 3 N–H and O–H groups in total. The van der Waals surface area contributed by atoms with Gasteiger partial charge in [0.15, 0.2) is 11.5 Å².